The van der Waals surface area contributed by atoms with Crippen LogP contribution in [0.15, 0.2) is 83.8 Å². The van der Waals surface area contributed by atoms with Gasteiger partial charge in [-0.05, 0) is 41.5 Å². The molecule has 1 fully saturated rings. The van der Waals surface area contributed by atoms with Gasteiger partial charge in [0.2, 0.25) is 0 Å². The van der Waals surface area contributed by atoms with Crippen LogP contribution >= 0.6 is 24.0 Å². The number of ether oxygens (including phenoxy) is 3. The Morgan fingerprint density at radius 2 is 1.55 bits per heavy atom. The molecule has 1 heterocycles. The maximum Gasteiger partial charge on any atom is 0.266 e. The molecule has 1 aliphatic rings. The highest BCUT2D eigenvalue weighted by molar-refractivity contribution is 8.26. The van der Waals surface area contributed by atoms with Crippen LogP contribution in [0.5, 0.6) is 17.2 Å². The fourth-order valence-corrected chi connectivity index (χ4v) is 4.52. The van der Waals surface area contributed by atoms with Crippen LogP contribution in [0, 0.1) is 0 Å². The second kappa shape index (κ2) is 11.0. The molecule has 0 N–H and O–H groups in total. The van der Waals surface area contributed by atoms with Gasteiger partial charge in [-0.2, -0.15) is 0 Å². The number of benzene rings is 3. The van der Waals surface area contributed by atoms with Crippen molar-refractivity contribution in [2.45, 2.75) is 6.54 Å². The van der Waals surface area contributed by atoms with E-state index in [1.54, 1.807) is 12.0 Å². The van der Waals surface area contributed by atoms with E-state index >= 15 is 0 Å². The Hall–Kier alpha value is -3.29. The number of nitrogens with zero attached hydrogens (tertiary/aromatic N) is 1. The third-order valence-corrected chi connectivity index (χ3v) is 6.29. The zero-order chi connectivity index (χ0) is 23.0. The summed E-state index contributed by atoms with van der Waals surface area (Å²) in [7, 11) is 1.61. The summed E-state index contributed by atoms with van der Waals surface area (Å²) in [5, 5.41) is 0. The van der Waals surface area contributed by atoms with E-state index in [1.165, 1.54) is 11.8 Å². The van der Waals surface area contributed by atoms with Gasteiger partial charge in [-0.25, -0.2) is 0 Å². The maximum absolute atomic E-state index is 12.8. The van der Waals surface area contributed by atoms with Crippen molar-refractivity contribution in [3.05, 3.63) is 94.9 Å². The predicted octanol–water partition coefficient (Wildman–Crippen LogP) is 5.55. The molecule has 0 atom stereocenters. The number of hydrogen-bond donors (Lipinski definition) is 0. The molecule has 0 aromatic heterocycles. The second-order valence-corrected chi connectivity index (χ2v) is 8.85. The number of carbonyl (C=O) groups excluding carboxylic acids is 1. The van der Waals surface area contributed by atoms with Gasteiger partial charge in [-0.1, -0.05) is 78.6 Å². The molecular weight excluding hydrogens is 454 g/mol. The van der Waals surface area contributed by atoms with Crippen LogP contribution < -0.4 is 14.2 Å². The van der Waals surface area contributed by atoms with Gasteiger partial charge in [-0.3, -0.25) is 9.69 Å². The molecule has 0 unspecified atom stereocenters. The van der Waals surface area contributed by atoms with Crippen LogP contribution in [0.25, 0.3) is 6.08 Å². The van der Waals surface area contributed by atoms with E-state index in [4.69, 9.17) is 26.4 Å². The summed E-state index contributed by atoms with van der Waals surface area (Å²) >= 11 is 6.76. The summed E-state index contributed by atoms with van der Waals surface area (Å²) < 4.78 is 17.3. The molecule has 33 heavy (non-hydrogen) atoms. The molecular formula is C26H23NO4S2. The van der Waals surface area contributed by atoms with Gasteiger partial charge in [0.15, 0.2) is 11.5 Å². The lowest BCUT2D eigenvalue weighted by Crippen LogP contribution is -2.27. The quantitative estimate of drug-likeness (QED) is 0.229. The van der Waals surface area contributed by atoms with Crippen molar-refractivity contribution in [1.29, 1.82) is 0 Å². The summed E-state index contributed by atoms with van der Waals surface area (Å²) in [6.45, 7) is 1.27. The maximum atomic E-state index is 12.8. The molecule has 0 radical (unpaired) electrons. The summed E-state index contributed by atoms with van der Waals surface area (Å²) in [5.74, 6) is 2.04. The average molecular weight is 478 g/mol. The smallest absolute Gasteiger partial charge is 0.266 e. The van der Waals surface area contributed by atoms with E-state index in [-0.39, 0.29) is 5.91 Å². The third kappa shape index (κ3) is 5.94. The SMILES string of the molecule is COc1ccccc1OCCOc1ccc(C=C2SC(=S)N(Cc3ccccc3)C2=O)cc1. The van der Waals surface area contributed by atoms with Crippen LogP contribution in [0.1, 0.15) is 11.1 Å². The van der Waals surface area contributed by atoms with Crippen LogP contribution in [0.3, 0.4) is 0 Å². The van der Waals surface area contributed by atoms with Crippen molar-refractivity contribution in [2.75, 3.05) is 20.3 Å². The lowest BCUT2D eigenvalue weighted by atomic mass is 10.2. The summed E-state index contributed by atoms with van der Waals surface area (Å²) in [6.07, 6.45) is 1.86. The van der Waals surface area contributed by atoms with Crippen molar-refractivity contribution in [1.82, 2.24) is 4.90 Å². The highest BCUT2D eigenvalue weighted by atomic mass is 32.2. The number of thiocarbonyl (C=S) groups is 1. The molecule has 0 bridgehead atoms. The number of methoxy groups -OCH3 is 1. The monoisotopic (exact) mass is 477 g/mol. The van der Waals surface area contributed by atoms with Gasteiger partial charge in [0.05, 0.1) is 18.6 Å². The Labute approximate surface area is 203 Å². The van der Waals surface area contributed by atoms with E-state index in [9.17, 15) is 4.79 Å². The molecule has 0 spiro atoms. The van der Waals surface area contributed by atoms with Crippen molar-refractivity contribution in [3.8, 4) is 17.2 Å². The Bertz CT molecular complexity index is 1150. The molecule has 168 valence electrons. The highest BCUT2D eigenvalue weighted by Crippen LogP contribution is 2.33. The van der Waals surface area contributed by atoms with Crippen molar-refractivity contribution in [3.63, 3.8) is 0 Å². The molecule has 1 saturated heterocycles. The van der Waals surface area contributed by atoms with Gasteiger partial charge < -0.3 is 14.2 Å². The Morgan fingerprint density at radius 1 is 0.879 bits per heavy atom. The normalized spacial score (nSPS) is 14.6. The van der Waals surface area contributed by atoms with Crippen LogP contribution in [-0.4, -0.2) is 35.5 Å². The van der Waals surface area contributed by atoms with E-state index in [1.807, 2.05) is 84.9 Å². The summed E-state index contributed by atoms with van der Waals surface area (Å²) in [5.41, 5.74) is 1.96. The zero-order valence-corrected chi connectivity index (χ0v) is 19.7. The first-order chi connectivity index (χ1) is 16.1. The first-order valence-corrected chi connectivity index (χ1v) is 11.6. The molecule has 7 heteroatoms. The number of amides is 1. The molecule has 3 aromatic rings. The van der Waals surface area contributed by atoms with Gasteiger partial charge in [0.25, 0.3) is 5.91 Å². The third-order valence-electron chi connectivity index (χ3n) is 4.91. The number of rotatable bonds is 9. The Kier molecular flexibility index (Phi) is 7.65. The minimum Gasteiger partial charge on any atom is -0.493 e. The topological polar surface area (TPSA) is 48.0 Å². The first-order valence-electron chi connectivity index (χ1n) is 10.4. The summed E-state index contributed by atoms with van der Waals surface area (Å²) in [4.78, 5) is 15.1. The number of para-hydroxylation sites is 2. The average Bonchev–Trinajstić information content (AvgIpc) is 3.11. The lowest BCUT2D eigenvalue weighted by Gasteiger charge is -2.14. The van der Waals surface area contributed by atoms with E-state index in [2.05, 4.69) is 0 Å². The molecule has 1 aliphatic heterocycles. The molecule has 0 aliphatic carbocycles. The zero-order valence-electron chi connectivity index (χ0n) is 18.1. The van der Waals surface area contributed by atoms with Crippen LogP contribution in [-0.2, 0) is 11.3 Å². The van der Waals surface area contributed by atoms with Crippen molar-refractivity contribution >= 4 is 40.3 Å². The standard InChI is InChI=1S/C26H23NO4S2/c1-29-22-9-5-6-10-23(22)31-16-15-30-21-13-11-19(12-14-21)17-24-25(28)27(26(32)33-24)18-20-7-3-2-4-8-20/h2-14,17H,15-16,18H2,1H3. The lowest BCUT2D eigenvalue weighted by molar-refractivity contribution is -0.122. The van der Waals surface area contributed by atoms with Crippen LogP contribution in [0.4, 0.5) is 0 Å². The van der Waals surface area contributed by atoms with Gasteiger partial charge in [-0.15, -0.1) is 0 Å². The van der Waals surface area contributed by atoms with E-state index in [0.29, 0.717) is 40.5 Å². The number of hydrogen-bond acceptors (Lipinski definition) is 6. The second-order valence-electron chi connectivity index (χ2n) is 7.17. The fraction of sp³-hybridized carbons (Fsp3) is 0.154. The Morgan fingerprint density at radius 3 is 2.27 bits per heavy atom. The highest BCUT2D eigenvalue weighted by Gasteiger charge is 2.31. The van der Waals surface area contributed by atoms with Crippen molar-refractivity contribution in [2.24, 2.45) is 0 Å². The number of carbonyl (C=O) groups is 1. The van der Waals surface area contributed by atoms with Crippen molar-refractivity contribution < 1.29 is 19.0 Å². The fourth-order valence-electron chi connectivity index (χ4n) is 3.26. The molecule has 1 amide bonds. The molecule has 5 nitrogen and oxygen atoms in total. The first kappa shape index (κ1) is 22.9. The minimum absolute atomic E-state index is 0.0670. The Balaban J connectivity index is 1.30. The predicted molar refractivity (Wildman–Crippen MR) is 136 cm³/mol. The van der Waals surface area contributed by atoms with Gasteiger partial charge in [0, 0.05) is 0 Å². The molecule has 3 aromatic carbocycles. The van der Waals surface area contributed by atoms with E-state index < -0.39 is 0 Å². The summed E-state index contributed by atoms with van der Waals surface area (Å²) in [6, 6.07) is 24.9. The van der Waals surface area contributed by atoms with E-state index in [0.717, 1.165) is 16.9 Å². The number of thioether (sulfide) groups is 1. The molecule has 0 saturated carbocycles. The van der Waals surface area contributed by atoms with Gasteiger partial charge >= 0.3 is 0 Å². The molecule has 4 rings (SSSR count). The van der Waals surface area contributed by atoms with Crippen LogP contribution in [0.2, 0.25) is 0 Å². The largest absolute Gasteiger partial charge is 0.493 e. The minimum atomic E-state index is -0.0670. The van der Waals surface area contributed by atoms with Gasteiger partial charge in [0.1, 0.15) is 23.3 Å².